The molecule has 0 bridgehead atoms. The number of anilines is 2. The Labute approximate surface area is 195 Å². The molecule has 0 saturated heterocycles. The molecule has 0 radical (unpaired) electrons. The topological polar surface area (TPSA) is 139 Å². The molecule has 174 valence electrons. The minimum absolute atomic E-state index is 0.0197. The highest BCUT2D eigenvalue weighted by atomic mass is 16.6. The van der Waals surface area contributed by atoms with Crippen molar-refractivity contribution in [2.24, 2.45) is 0 Å². The van der Waals surface area contributed by atoms with Gasteiger partial charge < -0.3 is 15.7 Å². The van der Waals surface area contributed by atoms with Crippen LogP contribution in [0, 0.1) is 10.1 Å². The van der Waals surface area contributed by atoms with Crippen LogP contribution in [0.5, 0.6) is 0 Å². The van der Waals surface area contributed by atoms with E-state index in [0.29, 0.717) is 5.56 Å². The molecule has 0 aliphatic carbocycles. The van der Waals surface area contributed by atoms with Crippen LogP contribution in [0.3, 0.4) is 0 Å². The van der Waals surface area contributed by atoms with Gasteiger partial charge in [0.15, 0.2) is 0 Å². The molecule has 9 heteroatoms. The predicted octanol–water partition coefficient (Wildman–Crippen LogP) is 5.10. The summed E-state index contributed by atoms with van der Waals surface area (Å²) in [5.74, 6) is -2.37. The smallest absolute Gasteiger partial charge is 0.335 e. The molecule has 0 atom stereocenters. The van der Waals surface area contributed by atoms with Crippen molar-refractivity contribution in [1.82, 2.24) is 0 Å². The fraction of sp³-hybridized carbons (Fsp3) is 0.160. The Hall–Kier alpha value is -4.53. The molecule has 2 amide bonds. The SMILES string of the molecule is CC(C)(C)c1ccc(C(=O)Nc2cc([N+](=O)[O-])ccc2C(=O)Nc2cccc(C(=O)O)c2)cc1. The number of carboxylic acid groups (broad SMARTS) is 1. The standard InChI is InChI=1S/C25H23N3O6/c1-25(2,3)17-9-7-15(8-10-17)22(29)27-21-14-19(28(33)34)11-12-20(21)23(30)26-18-6-4-5-16(13-18)24(31)32/h4-14H,1-3H3,(H,26,30)(H,27,29)(H,31,32). The number of benzene rings is 3. The van der Waals surface area contributed by atoms with Crippen molar-refractivity contribution >= 4 is 34.8 Å². The summed E-state index contributed by atoms with van der Waals surface area (Å²) in [6.07, 6.45) is 0. The number of carboxylic acids is 1. The molecule has 0 spiro atoms. The van der Waals surface area contributed by atoms with Gasteiger partial charge in [0.25, 0.3) is 17.5 Å². The molecule has 3 N–H and O–H groups in total. The first-order chi connectivity index (χ1) is 16.0. The number of carbonyl (C=O) groups excluding carboxylic acids is 2. The molecule has 0 unspecified atom stereocenters. The van der Waals surface area contributed by atoms with Gasteiger partial charge in [-0.3, -0.25) is 19.7 Å². The fourth-order valence-electron chi connectivity index (χ4n) is 3.19. The second-order valence-corrected chi connectivity index (χ2v) is 8.61. The summed E-state index contributed by atoms with van der Waals surface area (Å²) < 4.78 is 0. The largest absolute Gasteiger partial charge is 0.478 e. The molecule has 9 nitrogen and oxygen atoms in total. The van der Waals surface area contributed by atoms with Crippen LogP contribution in [0.4, 0.5) is 17.1 Å². The van der Waals surface area contributed by atoms with Crippen molar-refractivity contribution in [2.45, 2.75) is 26.2 Å². The third-order valence-electron chi connectivity index (χ3n) is 5.09. The number of nitro groups is 1. The number of nitro benzene ring substituents is 1. The van der Waals surface area contributed by atoms with Crippen LogP contribution in [0.15, 0.2) is 66.7 Å². The summed E-state index contributed by atoms with van der Waals surface area (Å²) in [5, 5.41) is 25.5. The summed E-state index contributed by atoms with van der Waals surface area (Å²) in [6, 6.07) is 16.0. The van der Waals surface area contributed by atoms with Crippen molar-refractivity contribution in [3.05, 3.63) is 99.1 Å². The van der Waals surface area contributed by atoms with E-state index in [-0.39, 0.29) is 33.6 Å². The van der Waals surface area contributed by atoms with E-state index in [4.69, 9.17) is 5.11 Å². The molecule has 3 aromatic rings. The van der Waals surface area contributed by atoms with Gasteiger partial charge in [0, 0.05) is 23.4 Å². The number of aromatic carboxylic acids is 1. The van der Waals surface area contributed by atoms with Gasteiger partial charge in [-0.2, -0.15) is 0 Å². The lowest BCUT2D eigenvalue weighted by Gasteiger charge is -2.19. The number of hydrogen-bond donors (Lipinski definition) is 3. The summed E-state index contributed by atoms with van der Waals surface area (Å²) in [6.45, 7) is 6.13. The summed E-state index contributed by atoms with van der Waals surface area (Å²) >= 11 is 0. The normalized spacial score (nSPS) is 10.9. The van der Waals surface area contributed by atoms with E-state index in [0.717, 1.165) is 17.7 Å². The van der Waals surface area contributed by atoms with E-state index in [9.17, 15) is 24.5 Å². The van der Waals surface area contributed by atoms with Crippen LogP contribution in [0.1, 0.15) is 57.4 Å². The summed E-state index contributed by atoms with van der Waals surface area (Å²) in [7, 11) is 0. The van der Waals surface area contributed by atoms with Crippen molar-refractivity contribution in [3.8, 4) is 0 Å². The van der Waals surface area contributed by atoms with Crippen molar-refractivity contribution in [2.75, 3.05) is 10.6 Å². The summed E-state index contributed by atoms with van der Waals surface area (Å²) in [5.41, 5.74) is 1.08. The number of non-ortho nitro benzene ring substituents is 1. The average Bonchev–Trinajstić information content (AvgIpc) is 2.78. The minimum Gasteiger partial charge on any atom is -0.478 e. The molecular formula is C25H23N3O6. The molecule has 0 aliphatic heterocycles. The van der Waals surface area contributed by atoms with Gasteiger partial charge in [0.2, 0.25) is 0 Å². The first-order valence-electron chi connectivity index (χ1n) is 10.3. The van der Waals surface area contributed by atoms with Crippen LogP contribution in [0.2, 0.25) is 0 Å². The van der Waals surface area contributed by atoms with Crippen LogP contribution in [-0.4, -0.2) is 27.8 Å². The number of rotatable bonds is 6. The Morgan fingerprint density at radius 1 is 0.853 bits per heavy atom. The van der Waals surface area contributed by atoms with Gasteiger partial charge >= 0.3 is 5.97 Å². The number of nitrogens with zero attached hydrogens (tertiary/aromatic N) is 1. The first kappa shape index (κ1) is 24.1. The molecule has 0 fully saturated rings. The van der Waals surface area contributed by atoms with E-state index in [2.05, 4.69) is 10.6 Å². The van der Waals surface area contributed by atoms with Crippen LogP contribution in [-0.2, 0) is 5.41 Å². The average molecular weight is 461 g/mol. The highest BCUT2D eigenvalue weighted by Gasteiger charge is 2.20. The lowest BCUT2D eigenvalue weighted by Crippen LogP contribution is -2.19. The first-order valence-corrected chi connectivity index (χ1v) is 10.3. The quantitative estimate of drug-likeness (QED) is 0.345. The Morgan fingerprint density at radius 3 is 2.12 bits per heavy atom. The van der Waals surface area contributed by atoms with Crippen LogP contribution >= 0.6 is 0 Å². The zero-order valence-corrected chi connectivity index (χ0v) is 18.8. The van der Waals surface area contributed by atoms with Gasteiger partial charge in [-0.15, -0.1) is 0 Å². The molecule has 0 heterocycles. The van der Waals surface area contributed by atoms with E-state index in [1.165, 1.54) is 30.3 Å². The molecule has 3 aromatic carbocycles. The van der Waals surface area contributed by atoms with Crippen molar-refractivity contribution in [3.63, 3.8) is 0 Å². The Balaban J connectivity index is 1.90. The molecule has 0 aromatic heterocycles. The monoisotopic (exact) mass is 461 g/mol. The minimum atomic E-state index is -1.16. The van der Waals surface area contributed by atoms with E-state index >= 15 is 0 Å². The van der Waals surface area contributed by atoms with Gasteiger partial charge in [-0.25, -0.2) is 4.79 Å². The van der Waals surface area contributed by atoms with Crippen LogP contribution in [0.25, 0.3) is 0 Å². The second-order valence-electron chi connectivity index (χ2n) is 8.61. The van der Waals surface area contributed by atoms with Gasteiger partial charge in [0.1, 0.15) is 0 Å². The predicted molar refractivity (Wildman–Crippen MR) is 128 cm³/mol. The van der Waals surface area contributed by atoms with Gasteiger partial charge in [-0.1, -0.05) is 39.0 Å². The molecule has 0 saturated carbocycles. The maximum absolute atomic E-state index is 12.9. The maximum Gasteiger partial charge on any atom is 0.335 e. The molecule has 0 aliphatic rings. The molecular weight excluding hydrogens is 438 g/mol. The lowest BCUT2D eigenvalue weighted by atomic mass is 9.86. The Morgan fingerprint density at radius 2 is 1.53 bits per heavy atom. The van der Waals surface area contributed by atoms with Gasteiger partial charge in [0.05, 0.1) is 21.7 Å². The third kappa shape index (κ3) is 5.63. The summed E-state index contributed by atoms with van der Waals surface area (Å²) in [4.78, 5) is 47.5. The van der Waals surface area contributed by atoms with E-state index in [1.807, 2.05) is 32.9 Å². The maximum atomic E-state index is 12.9. The fourth-order valence-corrected chi connectivity index (χ4v) is 3.19. The highest BCUT2D eigenvalue weighted by Crippen LogP contribution is 2.26. The second kappa shape index (κ2) is 9.53. The Kier molecular flexibility index (Phi) is 6.76. The van der Waals surface area contributed by atoms with Crippen molar-refractivity contribution < 1.29 is 24.4 Å². The third-order valence-corrected chi connectivity index (χ3v) is 5.09. The van der Waals surface area contributed by atoms with Crippen LogP contribution < -0.4 is 10.6 Å². The molecule has 3 rings (SSSR count). The Bertz CT molecular complexity index is 1280. The number of nitrogens with one attached hydrogen (secondary N) is 2. The van der Waals surface area contributed by atoms with Gasteiger partial charge in [-0.05, 0) is 47.4 Å². The lowest BCUT2D eigenvalue weighted by molar-refractivity contribution is -0.384. The number of hydrogen-bond acceptors (Lipinski definition) is 5. The highest BCUT2D eigenvalue weighted by molar-refractivity contribution is 6.13. The van der Waals surface area contributed by atoms with Crippen molar-refractivity contribution in [1.29, 1.82) is 0 Å². The number of carbonyl (C=O) groups is 3. The zero-order valence-electron chi connectivity index (χ0n) is 18.8. The number of amides is 2. The van der Waals surface area contributed by atoms with E-state index < -0.39 is 22.7 Å². The van der Waals surface area contributed by atoms with E-state index in [1.54, 1.807) is 12.1 Å². The molecule has 34 heavy (non-hydrogen) atoms. The zero-order chi connectivity index (χ0) is 25.0.